The van der Waals surface area contributed by atoms with Gasteiger partial charge >= 0.3 is 0 Å². The molecule has 21 heavy (non-hydrogen) atoms. The van der Waals surface area contributed by atoms with Gasteiger partial charge in [0, 0.05) is 11.1 Å². The SMILES string of the molecule is Cc1ccc(S(=O)(=O)NC(C)c2cccc(Cl)c2)cc1F. The van der Waals surface area contributed by atoms with Gasteiger partial charge in [0.2, 0.25) is 10.0 Å². The molecule has 0 aliphatic rings. The molecule has 2 aromatic rings. The molecule has 0 aliphatic heterocycles. The predicted molar refractivity (Wildman–Crippen MR) is 81.3 cm³/mol. The van der Waals surface area contributed by atoms with Gasteiger partial charge in [-0.15, -0.1) is 0 Å². The highest BCUT2D eigenvalue weighted by Crippen LogP contribution is 2.21. The van der Waals surface area contributed by atoms with Crippen molar-refractivity contribution in [1.82, 2.24) is 4.72 Å². The summed E-state index contributed by atoms with van der Waals surface area (Å²) in [6, 6.07) is 10.3. The maximum Gasteiger partial charge on any atom is 0.241 e. The van der Waals surface area contributed by atoms with Gasteiger partial charge in [0.05, 0.1) is 4.90 Å². The van der Waals surface area contributed by atoms with Crippen LogP contribution in [0.3, 0.4) is 0 Å². The molecule has 1 N–H and O–H groups in total. The fourth-order valence-electron chi connectivity index (χ4n) is 1.89. The molecule has 6 heteroatoms. The molecule has 0 bridgehead atoms. The van der Waals surface area contributed by atoms with E-state index < -0.39 is 21.9 Å². The highest BCUT2D eigenvalue weighted by Gasteiger charge is 2.19. The van der Waals surface area contributed by atoms with Crippen molar-refractivity contribution in [3.8, 4) is 0 Å². The van der Waals surface area contributed by atoms with Crippen molar-refractivity contribution >= 4 is 21.6 Å². The monoisotopic (exact) mass is 327 g/mol. The maximum absolute atomic E-state index is 13.5. The van der Waals surface area contributed by atoms with Gasteiger partial charge in [-0.1, -0.05) is 29.8 Å². The van der Waals surface area contributed by atoms with Gasteiger partial charge in [0.15, 0.2) is 0 Å². The number of sulfonamides is 1. The van der Waals surface area contributed by atoms with Gasteiger partial charge in [-0.05, 0) is 49.2 Å². The summed E-state index contributed by atoms with van der Waals surface area (Å²) in [6.07, 6.45) is 0. The predicted octanol–water partition coefficient (Wildman–Crippen LogP) is 3.83. The van der Waals surface area contributed by atoms with E-state index in [-0.39, 0.29) is 4.90 Å². The molecule has 0 radical (unpaired) electrons. The Morgan fingerprint density at radius 2 is 1.90 bits per heavy atom. The molecule has 0 amide bonds. The third-order valence-electron chi connectivity index (χ3n) is 3.13. The first-order valence-corrected chi connectivity index (χ1v) is 8.19. The molecule has 0 saturated carbocycles. The summed E-state index contributed by atoms with van der Waals surface area (Å²) in [4.78, 5) is -0.0977. The third kappa shape index (κ3) is 3.81. The van der Waals surface area contributed by atoms with Crippen LogP contribution < -0.4 is 4.72 Å². The first-order valence-electron chi connectivity index (χ1n) is 6.33. The van der Waals surface area contributed by atoms with Crippen molar-refractivity contribution in [3.63, 3.8) is 0 Å². The number of halogens is 2. The maximum atomic E-state index is 13.5. The zero-order valence-electron chi connectivity index (χ0n) is 11.6. The van der Waals surface area contributed by atoms with E-state index in [1.165, 1.54) is 12.1 Å². The Kier molecular flexibility index (Phi) is 4.66. The molecule has 2 aromatic carbocycles. The third-order valence-corrected chi connectivity index (χ3v) is 4.91. The van der Waals surface area contributed by atoms with Crippen LogP contribution in [-0.4, -0.2) is 8.42 Å². The van der Waals surface area contributed by atoms with Crippen LogP contribution in [0.25, 0.3) is 0 Å². The van der Waals surface area contributed by atoms with Crippen LogP contribution in [0.1, 0.15) is 24.1 Å². The zero-order valence-corrected chi connectivity index (χ0v) is 13.2. The van der Waals surface area contributed by atoms with Crippen molar-refractivity contribution < 1.29 is 12.8 Å². The summed E-state index contributed by atoms with van der Waals surface area (Å²) >= 11 is 5.89. The molecule has 0 spiro atoms. The molecule has 1 unspecified atom stereocenters. The Morgan fingerprint density at radius 3 is 2.52 bits per heavy atom. The van der Waals surface area contributed by atoms with Crippen LogP contribution in [0.4, 0.5) is 4.39 Å². The number of rotatable bonds is 4. The van der Waals surface area contributed by atoms with Gasteiger partial charge in [-0.3, -0.25) is 0 Å². The van der Waals surface area contributed by atoms with Crippen LogP contribution in [0.15, 0.2) is 47.4 Å². The van der Waals surface area contributed by atoms with Crippen molar-refractivity contribution in [3.05, 3.63) is 64.4 Å². The summed E-state index contributed by atoms with van der Waals surface area (Å²) < 4.78 is 40.5. The van der Waals surface area contributed by atoms with Gasteiger partial charge < -0.3 is 0 Å². The Hall–Kier alpha value is -1.43. The molecule has 0 heterocycles. The number of hydrogen-bond donors (Lipinski definition) is 1. The highest BCUT2D eigenvalue weighted by molar-refractivity contribution is 7.89. The van der Waals surface area contributed by atoms with Crippen LogP contribution in [0, 0.1) is 12.7 Å². The summed E-state index contributed by atoms with van der Waals surface area (Å²) in [5.74, 6) is -0.548. The van der Waals surface area contributed by atoms with Crippen molar-refractivity contribution in [1.29, 1.82) is 0 Å². The molecule has 3 nitrogen and oxygen atoms in total. The van der Waals surface area contributed by atoms with E-state index in [9.17, 15) is 12.8 Å². The minimum Gasteiger partial charge on any atom is -0.207 e. The molecule has 0 aromatic heterocycles. The van der Waals surface area contributed by atoms with E-state index >= 15 is 0 Å². The summed E-state index contributed by atoms with van der Waals surface area (Å²) in [6.45, 7) is 3.28. The number of nitrogens with one attached hydrogen (secondary N) is 1. The fraction of sp³-hybridized carbons (Fsp3) is 0.200. The van der Waals surface area contributed by atoms with E-state index in [4.69, 9.17) is 11.6 Å². The first kappa shape index (κ1) is 15.9. The molecule has 0 aliphatic carbocycles. The van der Waals surface area contributed by atoms with Crippen LogP contribution >= 0.6 is 11.6 Å². The normalized spacial score (nSPS) is 13.1. The van der Waals surface area contributed by atoms with Gasteiger partial charge in [-0.25, -0.2) is 17.5 Å². The fourth-order valence-corrected chi connectivity index (χ4v) is 3.33. The smallest absolute Gasteiger partial charge is 0.207 e. The molecule has 0 saturated heterocycles. The molecular formula is C15H15ClFNO2S. The Bertz CT molecular complexity index is 762. The molecule has 1 atom stereocenters. The van der Waals surface area contributed by atoms with Crippen molar-refractivity contribution in [2.45, 2.75) is 24.8 Å². The minimum atomic E-state index is -3.79. The minimum absolute atomic E-state index is 0.0977. The standard InChI is InChI=1S/C15H15ClFNO2S/c1-10-6-7-14(9-15(10)17)21(19,20)18-11(2)12-4-3-5-13(16)8-12/h3-9,11,18H,1-2H3. The number of hydrogen-bond acceptors (Lipinski definition) is 2. The summed E-state index contributed by atoms with van der Waals surface area (Å²) in [5, 5.41) is 0.528. The lowest BCUT2D eigenvalue weighted by molar-refractivity contribution is 0.563. The Balaban J connectivity index is 2.26. The second-order valence-electron chi connectivity index (χ2n) is 4.81. The highest BCUT2D eigenvalue weighted by atomic mass is 35.5. The van der Waals surface area contributed by atoms with E-state index in [1.807, 2.05) is 0 Å². The molecule has 112 valence electrons. The van der Waals surface area contributed by atoms with Crippen molar-refractivity contribution in [2.24, 2.45) is 0 Å². The summed E-state index contributed by atoms with van der Waals surface area (Å²) in [7, 11) is -3.79. The van der Waals surface area contributed by atoms with Crippen LogP contribution in [-0.2, 0) is 10.0 Å². The van der Waals surface area contributed by atoms with E-state index in [1.54, 1.807) is 38.1 Å². The van der Waals surface area contributed by atoms with E-state index in [0.717, 1.165) is 11.6 Å². The average molecular weight is 328 g/mol. The second kappa shape index (κ2) is 6.13. The van der Waals surface area contributed by atoms with Crippen LogP contribution in [0.2, 0.25) is 5.02 Å². The van der Waals surface area contributed by atoms with Gasteiger partial charge in [-0.2, -0.15) is 0 Å². The lowest BCUT2D eigenvalue weighted by Gasteiger charge is -2.15. The van der Waals surface area contributed by atoms with Gasteiger partial charge in [0.1, 0.15) is 5.82 Å². The summed E-state index contributed by atoms with van der Waals surface area (Å²) in [5.41, 5.74) is 1.13. The largest absolute Gasteiger partial charge is 0.241 e. The lowest BCUT2D eigenvalue weighted by atomic mass is 10.1. The molecule has 0 fully saturated rings. The average Bonchev–Trinajstić information content (AvgIpc) is 2.41. The number of aryl methyl sites for hydroxylation is 1. The topological polar surface area (TPSA) is 46.2 Å². The quantitative estimate of drug-likeness (QED) is 0.927. The number of benzene rings is 2. The zero-order chi connectivity index (χ0) is 15.6. The van der Waals surface area contributed by atoms with Crippen LogP contribution in [0.5, 0.6) is 0 Å². The Morgan fingerprint density at radius 1 is 1.19 bits per heavy atom. The Labute approximate surface area is 128 Å². The molecule has 2 rings (SSSR count). The van der Waals surface area contributed by atoms with Crippen molar-refractivity contribution in [2.75, 3.05) is 0 Å². The lowest BCUT2D eigenvalue weighted by Crippen LogP contribution is -2.27. The van der Waals surface area contributed by atoms with Gasteiger partial charge in [0.25, 0.3) is 0 Å². The molecular weight excluding hydrogens is 313 g/mol. The second-order valence-corrected chi connectivity index (χ2v) is 6.96. The van der Waals surface area contributed by atoms with E-state index in [2.05, 4.69) is 4.72 Å². The van der Waals surface area contributed by atoms with E-state index in [0.29, 0.717) is 10.6 Å². The first-order chi connectivity index (χ1) is 9.79.